The summed E-state index contributed by atoms with van der Waals surface area (Å²) in [5, 5.41) is 0. The van der Waals surface area contributed by atoms with Crippen LogP contribution < -0.4 is 0 Å². The van der Waals surface area contributed by atoms with E-state index in [4.69, 9.17) is 0 Å². The van der Waals surface area contributed by atoms with Crippen molar-refractivity contribution in [3.05, 3.63) is 40.9 Å². The van der Waals surface area contributed by atoms with Crippen LogP contribution >= 0.6 is 15.9 Å². The van der Waals surface area contributed by atoms with E-state index in [-0.39, 0.29) is 0 Å². The Bertz CT molecular complexity index is 255. The molecule has 0 spiro atoms. The van der Waals surface area contributed by atoms with E-state index in [9.17, 15) is 4.39 Å². The van der Waals surface area contributed by atoms with Gasteiger partial charge in [0.05, 0.1) is 0 Å². The molecule has 0 saturated carbocycles. The molecule has 0 aliphatic carbocycles. The van der Waals surface area contributed by atoms with Crippen molar-refractivity contribution in [1.29, 1.82) is 0 Å². The molecule has 52 valence electrons. The molecule has 0 nitrogen and oxygen atoms in total. The fourth-order valence-corrected chi connectivity index (χ4v) is 1.18. The summed E-state index contributed by atoms with van der Waals surface area (Å²) in [5.74, 6) is -0.410. The van der Waals surface area contributed by atoms with E-state index < -0.39 is 5.83 Å². The zero-order chi connectivity index (χ0) is 7.56. The largest absolute Gasteiger partial charge is 0.207 e. The lowest BCUT2D eigenvalue weighted by Crippen LogP contribution is -1.76. The summed E-state index contributed by atoms with van der Waals surface area (Å²) in [5.41, 5.74) is 0.516. The third-order valence-corrected chi connectivity index (χ3v) is 1.86. The minimum absolute atomic E-state index is 0.410. The SMILES string of the molecule is C=C(F)c1ccccc1Br. The predicted molar refractivity (Wildman–Crippen MR) is 44.3 cm³/mol. The highest BCUT2D eigenvalue weighted by atomic mass is 79.9. The monoisotopic (exact) mass is 200 g/mol. The third kappa shape index (κ3) is 1.45. The molecule has 1 rings (SSSR count). The van der Waals surface area contributed by atoms with E-state index in [1.165, 1.54) is 0 Å². The van der Waals surface area contributed by atoms with Crippen LogP contribution in [0.4, 0.5) is 4.39 Å². The van der Waals surface area contributed by atoms with Gasteiger partial charge in [-0.15, -0.1) is 0 Å². The first-order chi connectivity index (χ1) is 4.72. The molecule has 0 fully saturated rings. The van der Waals surface area contributed by atoms with Crippen LogP contribution in [-0.2, 0) is 0 Å². The molecule has 10 heavy (non-hydrogen) atoms. The molecule has 0 saturated heterocycles. The van der Waals surface area contributed by atoms with Crippen LogP contribution in [0.25, 0.3) is 5.83 Å². The van der Waals surface area contributed by atoms with Crippen LogP contribution in [0, 0.1) is 0 Å². The van der Waals surface area contributed by atoms with Gasteiger partial charge in [-0.2, -0.15) is 0 Å². The Morgan fingerprint density at radius 1 is 1.40 bits per heavy atom. The maximum Gasteiger partial charge on any atom is 0.124 e. The van der Waals surface area contributed by atoms with Crippen LogP contribution in [0.3, 0.4) is 0 Å². The molecule has 1 aromatic carbocycles. The van der Waals surface area contributed by atoms with Crippen molar-refractivity contribution < 1.29 is 4.39 Å². The highest BCUT2D eigenvalue weighted by Gasteiger charge is 1.99. The molecule has 1 aromatic rings. The average molecular weight is 201 g/mol. The Morgan fingerprint density at radius 2 is 2.00 bits per heavy atom. The van der Waals surface area contributed by atoms with E-state index in [1.807, 2.05) is 6.07 Å². The lowest BCUT2D eigenvalue weighted by molar-refractivity contribution is 0.762. The summed E-state index contributed by atoms with van der Waals surface area (Å²) in [6, 6.07) is 7.05. The molecule has 0 amide bonds. The highest BCUT2D eigenvalue weighted by molar-refractivity contribution is 9.10. The topological polar surface area (TPSA) is 0 Å². The summed E-state index contributed by atoms with van der Waals surface area (Å²) < 4.78 is 13.2. The molecule has 0 bridgehead atoms. The fraction of sp³-hybridized carbons (Fsp3) is 0. The van der Waals surface area contributed by atoms with E-state index >= 15 is 0 Å². The molecule has 0 radical (unpaired) electrons. The van der Waals surface area contributed by atoms with Gasteiger partial charge in [0.2, 0.25) is 0 Å². The van der Waals surface area contributed by atoms with Crippen LogP contribution in [0.2, 0.25) is 0 Å². The molecular formula is C8H6BrF. The lowest BCUT2D eigenvalue weighted by Gasteiger charge is -1.97. The minimum atomic E-state index is -0.410. The Hall–Kier alpha value is -0.630. The normalized spacial score (nSPS) is 9.40. The third-order valence-electron chi connectivity index (χ3n) is 1.17. The Kier molecular flexibility index (Phi) is 2.22. The summed E-state index contributed by atoms with van der Waals surface area (Å²) >= 11 is 3.20. The predicted octanol–water partition coefficient (Wildman–Crippen LogP) is 3.39. The maximum absolute atomic E-state index is 12.5. The quantitative estimate of drug-likeness (QED) is 0.653. The molecule has 0 aliphatic rings. The van der Waals surface area contributed by atoms with Gasteiger partial charge in [0, 0.05) is 10.0 Å². The molecule has 0 unspecified atom stereocenters. The van der Waals surface area contributed by atoms with Gasteiger partial charge in [-0.1, -0.05) is 40.7 Å². The van der Waals surface area contributed by atoms with E-state index in [1.54, 1.807) is 18.2 Å². The summed E-state index contributed by atoms with van der Waals surface area (Å²) in [4.78, 5) is 0. The maximum atomic E-state index is 12.5. The Labute approximate surface area is 67.5 Å². The van der Waals surface area contributed by atoms with Gasteiger partial charge < -0.3 is 0 Å². The first kappa shape index (κ1) is 7.48. The summed E-state index contributed by atoms with van der Waals surface area (Å²) in [6.07, 6.45) is 0. The van der Waals surface area contributed by atoms with Crippen LogP contribution in [-0.4, -0.2) is 0 Å². The number of benzene rings is 1. The fourth-order valence-electron chi connectivity index (χ4n) is 0.681. The van der Waals surface area contributed by atoms with Gasteiger partial charge >= 0.3 is 0 Å². The van der Waals surface area contributed by atoms with Crippen molar-refractivity contribution >= 4 is 21.8 Å². The van der Waals surface area contributed by atoms with Crippen molar-refractivity contribution in [2.75, 3.05) is 0 Å². The van der Waals surface area contributed by atoms with Gasteiger partial charge in [-0.25, -0.2) is 4.39 Å². The zero-order valence-corrected chi connectivity index (χ0v) is 6.86. The van der Waals surface area contributed by atoms with E-state index in [0.29, 0.717) is 5.56 Å². The van der Waals surface area contributed by atoms with Crippen molar-refractivity contribution in [2.24, 2.45) is 0 Å². The molecule has 0 N–H and O–H groups in total. The second kappa shape index (κ2) is 2.97. The number of rotatable bonds is 1. The van der Waals surface area contributed by atoms with Crippen LogP contribution in [0.5, 0.6) is 0 Å². The smallest absolute Gasteiger partial charge is 0.124 e. The van der Waals surface area contributed by atoms with Gasteiger partial charge in [0.25, 0.3) is 0 Å². The second-order valence-corrected chi connectivity index (χ2v) is 2.74. The van der Waals surface area contributed by atoms with Gasteiger partial charge in [-0.3, -0.25) is 0 Å². The molecule has 0 aliphatic heterocycles. The molecule has 0 heterocycles. The number of halogens is 2. The molecular weight excluding hydrogens is 195 g/mol. The standard InChI is InChI=1S/C8H6BrF/c1-6(10)7-4-2-3-5-8(7)9/h2-5H,1H2. The Morgan fingerprint density at radius 3 is 2.40 bits per heavy atom. The van der Waals surface area contributed by atoms with Crippen molar-refractivity contribution in [3.8, 4) is 0 Å². The second-order valence-electron chi connectivity index (χ2n) is 1.88. The van der Waals surface area contributed by atoms with Crippen LogP contribution in [0.15, 0.2) is 35.3 Å². The van der Waals surface area contributed by atoms with E-state index in [0.717, 1.165) is 4.47 Å². The lowest BCUT2D eigenvalue weighted by atomic mass is 10.2. The first-order valence-corrected chi connectivity index (χ1v) is 3.60. The van der Waals surface area contributed by atoms with Gasteiger partial charge in [0.15, 0.2) is 0 Å². The molecule has 2 heteroatoms. The molecule has 0 aromatic heterocycles. The molecule has 0 atom stereocenters. The number of hydrogen-bond acceptors (Lipinski definition) is 0. The van der Waals surface area contributed by atoms with Gasteiger partial charge in [0.1, 0.15) is 5.83 Å². The zero-order valence-electron chi connectivity index (χ0n) is 5.27. The van der Waals surface area contributed by atoms with Crippen molar-refractivity contribution in [1.82, 2.24) is 0 Å². The van der Waals surface area contributed by atoms with Crippen molar-refractivity contribution in [3.63, 3.8) is 0 Å². The average Bonchev–Trinajstić information content (AvgIpc) is 1.88. The summed E-state index contributed by atoms with van der Waals surface area (Å²) in [7, 11) is 0. The van der Waals surface area contributed by atoms with E-state index in [2.05, 4.69) is 22.5 Å². The minimum Gasteiger partial charge on any atom is -0.207 e. The van der Waals surface area contributed by atoms with Crippen LogP contribution in [0.1, 0.15) is 5.56 Å². The first-order valence-electron chi connectivity index (χ1n) is 2.81. The Balaban J connectivity index is 3.15. The highest BCUT2D eigenvalue weighted by Crippen LogP contribution is 2.22. The van der Waals surface area contributed by atoms with Gasteiger partial charge in [-0.05, 0) is 6.07 Å². The summed E-state index contributed by atoms with van der Waals surface area (Å²) in [6.45, 7) is 3.19. The van der Waals surface area contributed by atoms with Crippen molar-refractivity contribution in [2.45, 2.75) is 0 Å². The number of hydrogen-bond donors (Lipinski definition) is 0.